The SMILES string of the molecule is C[C@@H]1OC(=O)[C@@H](N)CCOC[C@H](Oc2ccccc2)[C@H]1Oc1ccccc1. The number of rotatable bonds is 4. The van der Waals surface area contributed by atoms with Crippen LogP contribution in [0, 0.1) is 0 Å². The minimum Gasteiger partial charge on any atom is -0.484 e. The fourth-order valence-electron chi connectivity index (χ4n) is 2.87. The van der Waals surface area contributed by atoms with E-state index in [9.17, 15) is 4.79 Å². The maximum Gasteiger partial charge on any atom is 0.323 e. The van der Waals surface area contributed by atoms with E-state index < -0.39 is 30.3 Å². The summed E-state index contributed by atoms with van der Waals surface area (Å²) in [6.07, 6.45) is -1.21. The Morgan fingerprint density at radius 1 is 0.963 bits per heavy atom. The van der Waals surface area contributed by atoms with Crippen molar-refractivity contribution in [3.63, 3.8) is 0 Å². The zero-order valence-electron chi connectivity index (χ0n) is 15.3. The van der Waals surface area contributed by atoms with Gasteiger partial charge < -0.3 is 24.7 Å². The van der Waals surface area contributed by atoms with E-state index in [0.717, 1.165) is 0 Å². The standard InChI is InChI=1S/C21H25NO5/c1-15-20(27-17-10-6-3-7-11-17)19(26-16-8-4-2-5-9-16)14-24-13-12-18(22)21(23)25-15/h2-11,15,18-20H,12-14,22H2,1H3/t15-,18-,19-,20-/m0/s1. The maximum absolute atomic E-state index is 12.2. The lowest BCUT2D eigenvalue weighted by Crippen LogP contribution is -2.50. The van der Waals surface area contributed by atoms with E-state index in [1.807, 2.05) is 60.7 Å². The van der Waals surface area contributed by atoms with Gasteiger partial charge in [-0.1, -0.05) is 36.4 Å². The normalized spacial score (nSPS) is 26.7. The summed E-state index contributed by atoms with van der Waals surface area (Å²) < 4.78 is 23.6. The van der Waals surface area contributed by atoms with E-state index in [1.165, 1.54) is 0 Å². The third-order valence-electron chi connectivity index (χ3n) is 4.34. The molecule has 2 aromatic carbocycles. The minimum atomic E-state index is -0.712. The quantitative estimate of drug-likeness (QED) is 0.832. The molecule has 0 saturated carbocycles. The molecule has 1 aliphatic rings. The fraction of sp³-hybridized carbons (Fsp3) is 0.381. The van der Waals surface area contributed by atoms with Gasteiger partial charge in [0, 0.05) is 6.61 Å². The highest BCUT2D eigenvalue weighted by Gasteiger charge is 2.35. The van der Waals surface area contributed by atoms with E-state index >= 15 is 0 Å². The number of nitrogens with two attached hydrogens (primary N) is 1. The highest BCUT2D eigenvalue weighted by Crippen LogP contribution is 2.22. The van der Waals surface area contributed by atoms with Crippen molar-refractivity contribution in [1.29, 1.82) is 0 Å². The second kappa shape index (κ2) is 9.39. The zero-order valence-corrected chi connectivity index (χ0v) is 15.3. The number of hydrogen-bond donors (Lipinski definition) is 1. The topological polar surface area (TPSA) is 80.0 Å². The first kappa shape index (κ1) is 19.2. The summed E-state index contributed by atoms with van der Waals surface area (Å²) in [4.78, 5) is 12.2. The van der Waals surface area contributed by atoms with Gasteiger partial charge in [-0.25, -0.2) is 0 Å². The van der Waals surface area contributed by atoms with Gasteiger partial charge in [-0.3, -0.25) is 4.79 Å². The van der Waals surface area contributed by atoms with Gasteiger partial charge in [0.2, 0.25) is 0 Å². The minimum absolute atomic E-state index is 0.293. The van der Waals surface area contributed by atoms with Crippen molar-refractivity contribution >= 4 is 5.97 Å². The van der Waals surface area contributed by atoms with Crippen LogP contribution in [0.1, 0.15) is 13.3 Å². The Bertz CT molecular complexity index is 709. The number of benzene rings is 2. The van der Waals surface area contributed by atoms with E-state index in [4.69, 9.17) is 24.7 Å². The van der Waals surface area contributed by atoms with Crippen molar-refractivity contribution in [3.05, 3.63) is 60.7 Å². The Hall–Kier alpha value is -2.57. The van der Waals surface area contributed by atoms with Crippen LogP contribution in [-0.4, -0.2) is 43.5 Å². The molecule has 4 atom stereocenters. The van der Waals surface area contributed by atoms with Gasteiger partial charge in [-0.2, -0.15) is 0 Å². The van der Waals surface area contributed by atoms with Gasteiger partial charge in [0.15, 0.2) is 12.2 Å². The molecular weight excluding hydrogens is 346 g/mol. The summed E-state index contributed by atoms with van der Waals surface area (Å²) in [5.41, 5.74) is 5.86. The summed E-state index contributed by atoms with van der Waals surface area (Å²) in [7, 11) is 0. The molecule has 1 saturated heterocycles. The van der Waals surface area contributed by atoms with Crippen LogP contribution in [0.25, 0.3) is 0 Å². The van der Waals surface area contributed by atoms with E-state index in [1.54, 1.807) is 6.92 Å². The predicted octanol–water partition coefficient (Wildman–Crippen LogP) is 2.56. The van der Waals surface area contributed by atoms with Gasteiger partial charge in [-0.15, -0.1) is 0 Å². The van der Waals surface area contributed by atoms with Crippen LogP contribution in [0.5, 0.6) is 11.5 Å². The zero-order chi connectivity index (χ0) is 19.1. The molecule has 0 aliphatic carbocycles. The first-order chi connectivity index (χ1) is 13.1. The van der Waals surface area contributed by atoms with Crippen LogP contribution in [0.15, 0.2) is 60.7 Å². The lowest BCUT2D eigenvalue weighted by molar-refractivity contribution is -0.161. The van der Waals surface area contributed by atoms with E-state index in [0.29, 0.717) is 31.1 Å². The summed E-state index contributed by atoms with van der Waals surface area (Å²) in [5, 5.41) is 0. The molecular formula is C21H25NO5. The molecule has 6 heteroatoms. The van der Waals surface area contributed by atoms with Crippen LogP contribution in [-0.2, 0) is 14.3 Å². The van der Waals surface area contributed by atoms with Crippen molar-refractivity contribution in [2.24, 2.45) is 5.73 Å². The Morgan fingerprint density at radius 2 is 1.56 bits per heavy atom. The fourth-order valence-corrected chi connectivity index (χ4v) is 2.87. The number of ether oxygens (including phenoxy) is 4. The lowest BCUT2D eigenvalue weighted by atomic mass is 10.1. The highest BCUT2D eigenvalue weighted by atomic mass is 16.6. The predicted molar refractivity (Wildman–Crippen MR) is 101 cm³/mol. The van der Waals surface area contributed by atoms with Crippen molar-refractivity contribution in [3.8, 4) is 11.5 Å². The molecule has 1 aliphatic heterocycles. The molecule has 0 aromatic heterocycles. The van der Waals surface area contributed by atoms with Crippen molar-refractivity contribution in [1.82, 2.24) is 0 Å². The number of carbonyl (C=O) groups excluding carboxylic acids is 1. The molecule has 6 nitrogen and oxygen atoms in total. The average molecular weight is 371 g/mol. The molecule has 0 radical (unpaired) electrons. The smallest absolute Gasteiger partial charge is 0.323 e. The lowest BCUT2D eigenvalue weighted by Gasteiger charge is -2.33. The Morgan fingerprint density at radius 3 is 2.19 bits per heavy atom. The molecule has 144 valence electrons. The highest BCUT2D eigenvalue weighted by molar-refractivity contribution is 5.75. The van der Waals surface area contributed by atoms with Crippen molar-refractivity contribution in [2.45, 2.75) is 37.7 Å². The molecule has 2 aromatic rings. The van der Waals surface area contributed by atoms with Gasteiger partial charge in [0.25, 0.3) is 0 Å². The Labute approximate surface area is 159 Å². The number of hydrogen-bond acceptors (Lipinski definition) is 6. The van der Waals surface area contributed by atoms with E-state index in [-0.39, 0.29) is 0 Å². The molecule has 1 heterocycles. The van der Waals surface area contributed by atoms with Gasteiger partial charge in [-0.05, 0) is 37.6 Å². The van der Waals surface area contributed by atoms with Crippen molar-refractivity contribution < 1.29 is 23.7 Å². The largest absolute Gasteiger partial charge is 0.484 e. The van der Waals surface area contributed by atoms with Crippen LogP contribution in [0.4, 0.5) is 0 Å². The number of esters is 1. The van der Waals surface area contributed by atoms with Crippen LogP contribution in [0.2, 0.25) is 0 Å². The van der Waals surface area contributed by atoms with Gasteiger partial charge in [0.05, 0.1) is 6.61 Å². The van der Waals surface area contributed by atoms with Crippen LogP contribution >= 0.6 is 0 Å². The molecule has 0 bridgehead atoms. The number of para-hydroxylation sites is 2. The molecule has 3 rings (SSSR count). The third-order valence-corrected chi connectivity index (χ3v) is 4.34. The molecule has 0 spiro atoms. The second-order valence-electron chi connectivity index (χ2n) is 6.48. The van der Waals surface area contributed by atoms with Gasteiger partial charge in [0.1, 0.15) is 23.6 Å². The van der Waals surface area contributed by atoms with E-state index in [2.05, 4.69) is 0 Å². The molecule has 27 heavy (non-hydrogen) atoms. The Kier molecular flexibility index (Phi) is 6.68. The second-order valence-corrected chi connectivity index (χ2v) is 6.48. The summed E-state index contributed by atoms with van der Waals surface area (Å²) in [6, 6.07) is 18.1. The number of cyclic esters (lactones) is 1. The van der Waals surface area contributed by atoms with Gasteiger partial charge >= 0.3 is 5.97 Å². The first-order valence-electron chi connectivity index (χ1n) is 9.10. The summed E-state index contributed by atoms with van der Waals surface area (Å²) >= 11 is 0. The summed E-state index contributed by atoms with van der Waals surface area (Å²) in [5.74, 6) is 0.890. The number of carbonyl (C=O) groups is 1. The van der Waals surface area contributed by atoms with Crippen LogP contribution < -0.4 is 15.2 Å². The van der Waals surface area contributed by atoms with Crippen molar-refractivity contribution in [2.75, 3.05) is 13.2 Å². The molecule has 2 N–H and O–H groups in total. The molecule has 0 unspecified atom stereocenters. The maximum atomic E-state index is 12.2. The third kappa shape index (κ3) is 5.45. The average Bonchev–Trinajstić information content (AvgIpc) is 2.69. The Balaban J connectivity index is 1.85. The first-order valence-corrected chi connectivity index (χ1v) is 9.10. The molecule has 1 fully saturated rings. The monoisotopic (exact) mass is 371 g/mol. The van der Waals surface area contributed by atoms with Crippen LogP contribution in [0.3, 0.4) is 0 Å². The molecule has 0 amide bonds. The summed E-state index contributed by atoms with van der Waals surface area (Å²) in [6.45, 7) is 2.42.